The quantitative estimate of drug-likeness (QED) is 0.288. The van der Waals surface area contributed by atoms with Gasteiger partial charge in [-0.3, -0.25) is 4.79 Å². The summed E-state index contributed by atoms with van der Waals surface area (Å²) in [4.78, 5) is 17.3. The second-order valence-electron chi connectivity index (χ2n) is 5.84. The fourth-order valence-electron chi connectivity index (χ4n) is 2.22. The zero-order valence-electron chi connectivity index (χ0n) is 13.2. The second-order valence-corrected chi connectivity index (χ2v) is 7.94. The summed E-state index contributed by atoms with van der Waals surface area (Å²) in [6, 6.07) is 6.81. The highest BCUT2D eigenvalue weighted by Gasteiger charge is 2.31. The minimum absolute atomic E-state index is 0.00809. The van der Waals surface area contributed by atoms with E-state index >= 15 is 0 Å². The Labute approximate surface area is 170 Å². The van der Waals surface area contributed by atoms with Crippen LogP contribution in [0.15, 0.2) is 34.8 Å². The van der Waals surface area contributed by atoms with Crippen molar-refractivity contribution in [1.82, 2.24) is 5.48 Å². The lowest BCUT2D eigenvalue weighted by Gasteiger charge is -2.15. The molecule has 0 radical (unpaired) electrons. The summed E-state index contributed by atoms with van der Waals surface area (Å²) in [6.45, 7) is 0. The van der Waals surface area contributed by atoms with Gasteiger partial charge in [-0.2, -0.15) is 0 Å². The first-order valence-electron chi connectivity index (χ1n) is 7.70. The van der Waals surface area contributed by atoms with Crippen molar-refractivity contribution in [3.63, 3.8) is 0 Å². The number of hydrogen-bond acceptors (Lipinski definition) is 4. The first-order chi connectivity index (χ1) is 12.3. The molecule has 0 heterocycles. The molecule has 1 atom stereocenters. The number of aliphatic hydroxyl groups excluding tert-OH is 1. The fraction of sp³-hybridized carbons (Fsp3) is 0.235. The van der Waals surface area contributed by atoms with Gasteiger partial charge in [0.25, 0.3) is 5.91 Å². The van der Waals surface area contributed by atoms with Crippen molar-refractivity contribution in [2.75, 3.05) is 5.32 Å². The summed E-state index contributed by atoms with van der Waals surface area (Å²) in [5.41, 5.74) is 2.34. The highest BCUT2D eigenvalue weighted by Crippen LogP contribution is 2.33. The molecule has 0 aliphatic heterocycles. The van der Waals surface area contributed by atoms with Crippen LogP contribution < -0.4 is 10.8 Å². The number of rotatable bonds is 6. The van der Waals surface area contributed by atoms with E-state index in [4.69, 9.17) is 4.84 Å². The number of aliphatic hydroxyl groups is 1. The molecule has 2 aromatic rings. The fourth-order valence-corrected chi connectivity index (χ4v) is 3.02. The van der Waals surface area contributed by atoms with E-state index in [1.54, 1.807) is 6.07 Å². The largest absolute Gasteiger partial charge is 0.366 e. The van der Waals surface area contributed by atoms with Crippen LogP contribution in [0, 0.1) is 21.1 Å². The molecule has 3 rings (SSSR count). The van der Waals surface area contributed by atoms with Gasteiger partial charge in [-0.15, -0.1) is 0 Å². The predicted molar refractivity (Wildman–Crippen MR) is 104 cm³/mol. The molecule has 9 heteroatoms. The van der Waals surface area contributed by atoms with Crippen LogP contribution in [-0.4, -0.2) is 17.3 Å². The van der Waals surface area contributed by atoms with Crippen molar-refractivity contribution in [3.05, 3.63) is 55.6 Å². The van der Waals surface area contributed by atoms with E-state index in [-0.39, 0.29) is 27.3 Å². The molecule has 0 bridgehead atoms. The Morgan fingerprint density at radius 3 is 2.62 bits per heavy atom. The zero-order valence-corrected chi connectivity index (χ0v) is 17.0. The Bertz CT molecular complexity index is 849. The van der Waals surface area contributed by atoms with Crippen LogP contribution in [0.25, 0.3) is 0 Å². The smallest absolute Gasteiger partial charge is 0.277 e. The number of amides is 1. The molecule has 1 aliphatic carbocycles. The average molecular weight is 539 g/mol. The van der Waals surface area contributed by atoms with Crippen LogP contribution in [0.5, 0.6) is 0 Å². The van der Waals surface area contributed by atoms with Crippen LogP contribution in [0.1, 0.15) is 23.2 Å². The first-order valence-corrected chi connectivity index (χ1v) is 9.57. The molecule has 138 valence electrons. The van der Waals surface area contributed by atoms with Crippen LogP contribution in [0.3, 0.4) is 0 Å². The third kappa shape index (κ3) is 4.70. The van der Waals surface area contributed by atoms with Crippen molar-refractivity contribution in [1.29, 1.82) is 0 Å². The number of hydrogen-bond donors (Lipinski definition) is 3. The Hall–Kier alpha value is -1.30. The molecule has 5 nitrogen and oxygen atoms in total. The number of carbonyl (C=O) groups excluding carboxylic acids is 1. The van der Waals surface area contributed by atoms with E-state index in [0.717, 1.165) is 18.9 Å². The maximum atomic E-state index is 14.1. The number of benzene rings is 2. The Kier molecular flexibility index (Phi) is 6.10. The first kappa shape index (κ1) is 19.5. The molecule has 0 spiro atoms. The maximum absolute atomic E-state index is 14.1. The van der Waals surface area contributed by atoms with Gasteiger partial charge >= 0.3 is 0 Å². The number of anilines is 2. The maximum Gasteiger partial charge on any atom is 0.277 e. The van der Waals surface area contributed by atoms with Crippen LogP contribution >= 0.6 is 38.5 Å². The van der Waals surface area contributed by atoms with Crippen molar-refractivity contribution in [2.45, 2.75) is 19.1 Å². The molecule has 0 aromatic heterocycles. The topological polar surface area (TPSA) is 70.6 Å². The lowest BCUT2D eigenvalue weighted by Crippen LogP contribution is -2.31. The molecule has 3 N–H and O–H groups in total. The summed E-state index contributed by atoms with van der Waals surface area (Å²) in [5, 5.41) is 12.4. The van der Waals surface area contributed by atoms with E-state index in [9.17, 15) is 18.7 Å². The summed E-state index contributed by atoms with van der Waals surface area (Å²) >= 11 is 4.99. The monoisotopic (exact) mass is 538 g/mol. The molecule has 0 saturated heterocycles. The zero-order chi connectivity index (χ0) is 18.8. The number of hydroxylamine groups is 1. The summed E-state index contributed by atoms with van der Waals surface area (Å²) in [5.74, 6) is -1.84. The van der Waals surface area contributed by atoms with Gasteiger partial charge in [-0.25, -0.2) is 19.1 Å². The van der Waals surface area contributed by atoms with E-state index in [2.05, 4.69) is 26.7 Å². The molecule has 2 aromatic carbocycles. The minimum atomic E-state index is -1.09. The molecule has 26 heavy (non-hydrogen) atoms. The van der Waals surface area contributed by atoms with E-state index < -0.39 is 23.8 Å². The third-order valence-electron chi connectivity index (χ3n) is 3.80. The molecule has 1 fully saturated rings. The molecule has 1 unspecified atom stereocenters. The van der Waals surface area contributed by atoms with E-state index in [1.165, 1.54) is 18.2 Å². The Morgan fingerprint density at radius 1 is 1.23 bits per heavy atom. The van der Waals surface area contributed by atoms with Crippen molar-refractivity contribution in [2.24, 2.45) is 5.92 Å². The standard InChI is InChI=1S/C17H14BrF2IN2O3/c18-11-6-10(16(24)23-26-17(25)8-1-2-8)15(7-12(11)19)22-14-4-3-9(21)5-13(14)20/h3-8,17,22,25H,1-2H2,(H,23,24). The summed E-state index contributed by atoms with van der Waals surface area (Å²) in [7, 11) is 0. The lowest BCUT2D eigenvalue weighted by atomic mass is 10.1. The van der Waals surface area contributed by atoms with E-state index in [0.29, 0.717) is 3.57 Å². The highest BCUT2D eigenvalue weighted by atomic mass is 127. The number of halogens is 4. The van der Waals surface area contributed by atoms with E-state index in [1.807, 2.05) is 22.6 Å². The van der Waals surface area contributed by atoms with Crippen molar-refractivity contribution >= 4 is 55.8 Å². The van der Waals surface area contributed by atoms with Gasteiger partial charge in [0.05, 0.1) is 21.4 Å². The Morgan fingerprint density at radius 2 is 1.96 bits per heavy atom. The van der Waals surface area contributed by atoms with Crippen LogP contribution in [0.4, 0.5) is 20.2 Å². The van der Waals surface area contributed by atoms with Gasteiger partial charge in [0.1, 0.15) is 11.6 Å². The lowest BCUT2D eigenvalue weighted by molar-refractivity contribution is -0.145. The molecule has 1 aliphatic rings. The minimum Gasteiger partial charge on any atom is -0.366 e. The van der Waals surface area contributed by atoms with Crippen LogP contribution in [-0.2, 0) is 4.84 Å². The molecular weight excluding hydrogens is 525 g/mol. The van der Waals surface area contributed by atoms with Gasteiger partial charge in [-0.05, 0) is 81.7 Å². The van der Waals surface area contributed by atoms with Gasteiger partial charge in [0.15, 0.2) is 6.29 Å². The molecule has 1 amide bonds. The van der Waals surface area contributed by atoms with Gasteiger partial charge in [-0.1, -0.05) is 0 Å². The van der Waals surface area contributed by atoms with Gasteiger partial charge in [0.2, 0.25) is 0 Å². The average Bonchev–Trinajstić information content (AvgIpc) is 3.43. The number of nitrogens with one attached hydrogen (secondary N) is 2. The SMILES string of the molecule is O=C(NOC(O)C1CC1)c1cc(Br)c(F)cc1Nc1ccc(I)cc1F. The Balaban J connectivity index is 1.83. The summed E-state index contributed by atoms with van der Waals surface area (Å²) < 4.78 is 28.8. The molecule has 1 saturated carbocycles. The van der Waals surface area contributed by atoms with Crippen molar-refractivity contribution < 1.29 is 23.5 Å². The van der Waals surface area contributed by atoms with Gasteiger partial charge in [0, 0.05) is 9.49 Å². The van der Waals surface area contributed by atoms with Crippen molar-refractivity contribution in [3.8, 4) is 0 Å². The normalized spacial score (nSPS) is 14.8. The van der Waals surface area contributed by atoms with Crippen LogP contribution in [0.2, 0.25) is 0 Å². The molecular formula is C17H14BrF2IN2O3. The number of carbonyl (C=O) groups is 1. The third-order valence-corrected chi connectivity index (χ3v) is 5.08. The van der Waals surface area contributed by atoms with Gasteiger partial charge < -0.3 is 10.4 Å². The second kappa shape index (κ2) is 8.15. The highest BCUT2D eigenvalue weighted by molar-refractivity contribution is 14.1. The summed E-state index contributed by atoms with van der Waals surface area (Å²) in [6.07, 6.45) is 0.573. The predicted octanol–water partition coefficient (Wildman–Crippen LogP) is 4.47.